The largest absolute Gasteiger partial charge is 0.326 e. The van der Waals surface area contributed by atoms with E-state index in [2.05, 4.69) is 27.4 Å². The van der Waals surface area contributed by atoms with E-state index in [1.165, 1.54) is 0 Å². The fraction of sp³-hybridized carbons (Fsp3) is 0.462. The summed E-state index contributed by atoms with van der Waals surface area (Å²) in [5.74, 6) is 0.132. The number of amides is 1. The number of H-pyrrole nitrogens is 2. The van der Waals surface area contributed by atoms with Gasteiger partial charge in [0.05, 0.1) is 0 Å². The van der Waals surface area contributed by atoms with E-state index in [0.717, 1.165) is 19.3 Å². The Balaban J connectivity index is 2.05. The Morgan fingerprint density at radius 2 is 2.16 bits per heavy atom. The topological polar surface area (TPSA) is 94.8 Å². The van der Waals surface area contributed by atoms with Crippen molar-refractivity contribution < 1.29 is 4.79 Å². The summed E-state index contributed by atoms with van der Waals surface area (Å²) < 4.78 is 0. The predicted octanol–water partition coefficient (Wildman–Crippen LogP) is 1.06. The number of allylic oxidation sites excluding steroid dienone is 2. The first-order valence-electron chi connectivity index (χ1n) is 6.34. The van der Waals surface area contributed by atoms with Crippen molar-refractivity contribution in [3.05, 3.63) is 38.7 Å². The molecule has 0 fully saturated rings. The second-order valence-corrected chi connectivity index (χ2v) is 4.81. The van der Waals surface area contributed by atoms with Crippen molar-refractivity contribution in [2.24, 2.45) is 5.92 Å². The van der Waals surface area contributed by atoms with Crippen molar-refractivity contribution in [1.29, 1.82) is 0 Å². The van der Waals surface area contributed by atoms with Crippen molar-refractivity contribution in [1.82, 2.24) is 9.97 Å². The molecule has 1 heterocycles. The molecule has 0 bridgehead atoms. The van der Waals surface area contributed by atoms with E-state index in [1.54, 1.807) is 6.92 Å². The summed E-state index contributed by atoms with van der Waals surface area (Å²) in [6.07, 6.45) is 7.47. The third-order valence-corrected chi connectivity index (χ3v) is 3.25. The molecule has 3 N–H and O–H groups in total. The van der Waals surface area contributed by atoms with Gasteiger partial charge < -0.3 is 10.3 Å². The summed E-state index contributed by atoms with van der Waals surface area (Å²) in [5, 5.41) is 2.58. The zero-order valence-electron chi connectivity index (χ0n) is 10.8. The molecule has 0 spiro atoms. The van der Waals surface area contributed by atoms with Crippen LogP contribution in [-0.2, 0) is 4.79 Å². The van der Waals surface area contributed by atoms with Crippen LogP contribution in [0, 0.1) is 12.8 Å². The maximum absolute atomic E-state index is 11.9. The van der Waals surface area contributed by atoms with E-state index >= 15 is 0 Å². The molecule has 0 saturated carbocycles. The van der Waals surface area contributed by atoms with Crippen LogP contribution in [0.3, 0.4) is 0 Å². The number of carbonyl (C=O) groups excluding carboxylic acids is 1. The van der Waals surface area contributed by atoms with Gasteiger partial charge in [-0.25, -0.2) is 4.79 Å². The molecule has 6 heteroatoms. The standard InChI is InChI=1S/C13H17N3O3/c1-8-11(12(18)16-13(19)14-8)15-10(17)7-9-5-3-2-4-6-9/h2-3,9H,4-7H2,1H3,(H,15,17)(H2,14,16,18,19). The highest BCUT2D eigenvalue weighted by atomic mass is 16.2. The van der Waals surface area contributed by atoms with Crippen LogP contribution in [0.4, 0.5) is 5.69 Å². The highest BCUT2D eigenvalue weighted by Gasteiger charge is 2.16. The third kappa shape index (κ3) is 3.43. The lowest BCUT2D eigenvalue weighted by Crippen LogP contribution is -2.29. The third-order valence-electron chi connectivity index (χ3n) is 3.25. The van der Waals surface area contributed by atoms with Gasteiger partial charge in [0.2, 0.25) is 5.91 Å². The number of aromatic nitrogens is 2. The molecule has 0 saturated heterocycles. The predicted molar refractivity (Wildman–Crippen MR) is 72.1 cm³/mol. The number of aromatic amines is 2. The highest BCUT2D eigenvalue weighted by molar-refractivity contribution is 5.91. The number of aryl methyl sites for hydroxylation is 1. The lowest BCUT2D eigenvalue weighted by atomic mass is 9.91. The minimum atomic E-state index is -0.571. The molecule has 6 nitrogen and oxygen atoms in total. The van der Waals surface area contributed by atoms with E-state index in [-0.39, 0.29) is 11.6 Å². The van der Waals surface area contributed by atoms with Crippen molar-refractivity contribution >= 4 is 11.6 Å². The van der Waals surface area contributed by atoms with E-state index in [0.29, 0.717) is 18.0 Å². The van der Waals surface area contributed by atoms with Crippen LogP contribution in [0.2, 0.25) is 0 Å². The zero-order valence-corrected chi connectivity index (χ0v) is 10.8. The molecule has 1 atom stereocenters. The summed E-state index contributed by atoms with van der Waals surface area (Å²) in [6, 6.07) is 0. The quantitative estimate of drug-likeness (QED) is 0.711. The van der Waals surface area contributed by atoms with Gasteiger partial charge in [0.25, 0.3) is 5.56 Å². The maximum Gasteiger partial charge on any atom is 0.326 e. The fourth-order valence-corrected chi connectivity index (χ4v) is 2.24. The van der Waals surface area contributed by atoms with Gasteiger partial charge in [-0.3, -0.25) is 14.6 Å². The minimum absolute atomic E-state index is 0.121. The van der Waals surface area contributed by atoms with Crippen LogP contribution in [-0.4, -0.2) is 15.9 Å². The number of hydrogen-bond acceptors (Lipinski definition) is 3. The molecule has 1 aliphatic carbocycles. The summed E-state index contributed by atoms with van der Waals surface area (Å²) in [5.41, 5.74) is -0.655. The average molecular weight is 263 g/mol. The molecule has 1 aromatic rings. The van der Waals surface area contributed by atoms with Crippen LogP contribution in [0.15, 0.2) is 21.7 Å². The van der Waals surface area contributed by atoms with Crippen LogP contribution in [0.1, 0.15) is 31.4 Å². The normalized spacial score (nSPS) is 18.3. The van der Waals surface area contributed by atoms with Gasteiger partial charge in [-0.1, -0.05) is 12.2 Å². The van der Waals surface area contributed by atoms with Crippen LogP contribution < -0.4 is 16.6 Å². The summed E-state index contributed by atoms with van der Waals surface area (Å²) >= 11 is 0. The Hall–Kier alpha value is -2.11. The van der Waals surface area contributed by atoms with Crippen LogP contribution in [0.25, 0.3) is 0 Å². The first kappa shape index (κ1) is 13.3. The molecular formula is C13H17N3O3. The van der Waals surface area contributed by atoms with Gasteiger partial charge in [-0.15, -0.1) is 0 Å². The molecule has 19 heavy (non-hydrogen) atoms. The first-order valence-corrected chi connectivity index (χ1v) is 6.34. The lowest BCUT2D eigenvalue weighted by molar-refractivity contribution is -0.117. The number of anilines is 1. The fourth-order valence-electron chi connectivity index (χ4n) is 2.24. The Morgan fingerprint density at radius 1 is 1.37 bits per heavy atom. The van der Waals surface area contributed by atoms with Gasteiger partial charge >= 0.3 is 5.69 Å². The summed E-state index contributed by atoms with van der Waals surface area (Å²) in [4.78, 5) is 39.1. The Labute approximate surface area is 109 Å². The molecule has 1 aliphatic rings. The number of nitrogens with one attached hydrogen (secondary N) is 3. The van der Waals surface area contributed by atoms with Gasteiger partial charge in [0, 0.05) is 12.1 Å². The smallest absolute Gasteiger partial charge is 0.320 e. The number of carbonyl (C=O) groups is 1. The van der Waals surface area contributed by atoms with Crippen molar-refractivity contribution in [3.63, 3.8) is 0 Å². The molecule has 1 aromatic heterocycles. The lowest BCUT2D eigenvalue weighted by Gasteiger charge is -2.17. The van der Waals surface area contributed by atoms with Crippen molar-refractivity contribution in [2.45, 2.75) is 32.6 Å². The Morgan fingerprint density at radius 3 is 2.79 bits per heavy atom. The highest BCUT2D eigenvalue weighted by Crippen LogP contribution is 2.21. The first-order chi connectivity index (χ1) is 9.06. The monoisotopic (exact) mass is 263 g/mol. The molecule has 1 amide bonds. The average Bonchev–Trinajstić information content (AvgIpc) is 2.35. The molecular weight excluding hydrogens is 246 g/mol. The van der Waals surface area contributed by atoms with Crippen molar-refractivity contribution in [3.8, 4) is 0 Å². The van der Waals surface area contributed by atoms with Gasteiger partial charge in [-0.05, 0) is 32.1 Å². The second kappa shape index (κ2) is 5.69. The maximum atomic E-state index is 11.9. The molecule has 2 rings (SSSR count). The Kier molecular flexibility index (Phi) is 3.99. The van der Waals surface area contributed by atoms with E-state index in [4.69, 9.17) is 0 Å². The molecule has 0 aromatic carbocycles. The molecule has 0 aliphatic heterocycles. The van der Waals surface area contributed by atoms with E-state index in [1.807, 2.05) is 0 Å². The molecule has 1 unspecified atom stereocenters. The summed E-state index contributed by atoms with van der Waals surface area (Å²) in [6.45, 7) is 1.58. The van der Waals surface area contributed by atoms with Gasteiger partial charge in [-0.2, -0.15) is 0 Å². The van der Waals surface area contributed by atoms with E-state index in [9.17, 15) is 14.4 Å². The number of hydrogen-bond donors (Lipinski definition) is 3. The van der Waals surface area contributed by atoms with E-state index < -0.39 is 11.2 Å². The van der Waals surface area contributed by atoms with Crippen LogP contribution in [0.5, 0.6) is 0 Å². The van der Waals surface area contributed by atoms with Gasteiger partial charge in [0.1, 0.15) is 5.69 Å². The Bertz CT molecular complexity index is 612. The van der Waals surface area contributed by atoms with Crippen LogP contribution >= 0.6 is 0 Å². The molecule has 102 valence electrons. The number of rotatable bonds is 3. The zero-order chi connectivity index (χ0) is 13.8. The summed E-state index contributed by atoms with van der Waals surface area (Å²) in [7, 11) is 0. The van der Waals surface area contributed by atoms with Gasteiger partial charge in [0.15, 0.2) is 0 Å². The second-order valence-electron chi connectivity index (χ2n) is 4.81. The SMILES string of the molecule is Cc1[nH]c(=O)[nH]c(=O)c1NC(=O)CC1CC=CCC1. The molecule has 0 radical (unpaired) electrons. The van der Waals surface area contributed by atoms with Crippen molar-refractivity contribution in [2.75, 3.05) is 5.32 Å². The minimum Gasteiger partial charge on any atom is -0.320 e.